The number of aromatic nitrogens is 1. The summed E-state index contributed by atoms with van der Waals surface area (Å²) in [6.45, 7) is 6.19. The standard InChI is InChI=1S/C15H24N4O/c1-11(2)12-4-3-8-19(9-6-12)15(20)13-5-7-17-10-14(13)18-16/h5,7,10-12,18H,3-4,6,8-9,16H2,1-2H3. The number of hydrogen-bond donors (Lipinski definition) is 2. The molecular weight excluding hydrogens is 252 g/mol. The number of nitrogens with one attached hydrogen (secondary N) is 1. The van der Waals surface area contributed by atoms with Crippen LogP contribution in [0.2, 0.25) is 0 Å². The van der Waals surface area contributed by atoms with E-state index in [9.17, 15) is 4.79 Å². The number of nitrogen functional groups attached to an aromatic ring is 1. The summed E-state index contributed by atoms with van der Waals surface area (Å²) < 4.78 is 0. The van der Waals surface area contributed by atoms with Gasteiger partial charge >= 0.3 is 0 Å². The quantitative estimate of drug-likeness (QED) is 0.656. The van der Waals surface area contributed by atoms with Gasteiger partial charge in [0.05, 0.1) is 17.4 Å². The van der Waals surface area contributed by atoms with Gasteiger partial charge in [-0.2, -0.15) is 0 Å². The van der Waals surface area contributed by atoms with Crippen molar-refractivity contribution in [3.05, 3.63) is 24.0 Å². The van der Waals surface area contributed by atoms with E-state index in [1.54, 1.807) is 18.5 Å². The normalized spacial score (nSPS) is 19.8. The number of anilines is 1. The van der Waals surface area contributed by atoms with Gasteiger partial charge in [0.15, 0.2) is 0 Å². The van der Waals surface area contributed by atoms with Crippen LogP contribution in [0.1, 0.15) is 43.5 Å². The zero-order chi connectivity index (χ0) is 14.5. The Balaban J connectivity index is 2.09. The smallest absolute Gasteiger partial charge is 0.256 e. The van der Waals surface area contributed by atoms with Crippen LogP contribution < -0.4 is 11.3 Å². The third-order valence-electron chi connectivity index (χ3n) is 4.21. The zero-order valence-electron chi connectivity index (χ0n) is 12.3. The highest BCUT2D eigenvalue weighted by Gasteiger charge is 2.24. The number of hydrazine groups is 1. The number of amides is 1. The first-order valence-corrected chi connectivity index (χ1v) is 7.33. The number of likely N-dealkylation sites (tertiary alicyclic amines) is 1. The highest BCUT2D eigenvalue weighted by Crippen LogP contribution is 2.26. The molecule has 5 heteroatoms. The Morgan fingerprint density at radius 1 is 1.45 bits per heavy atom. The van der Waals surface area contributed by atoms with Crippen molar-refractivity contribution in [2.75, 3.05) is 18.5 Å². The Morgan fingerprint density at radius 2 is 2.25 bits per heavy atom. The molecule has 2 rings (SSSR count). The summed E-state index contributed by atoms with van der Waals surface area (Å²) in [5.41, 5.74) is 3.74. The molecule has 1 aromatic heterocycles. The first kappa shape index (κ1) is 14.8. The third kappa shape index (κ3) is 3.28. The van der Waals surface area contributed by atoms with E-state index in [-0.39, 0.29) is 5.91 Å². The van der Waals surface area contributed by atoms with Crippen molar-refractivity contribution in [1.29, 1.82) is 0 Å². The van der Waals surface area contributed by atoms with Crippen LogP contribution in [0.5, 0.6) is 0 Å². The van der Waals surface area contributed by atoms with Crippen LogP contribution in [0.3, 0.4) is 0 Å². The maximum atomic E-state index is 12.6. The fourth-order valence-corrected chi connectivity index (χ4v) is 2.86. The van der Waals surface area contributed by atoms with Crippen molar-refractivity contribution in [3.8, 4) is 0 Å². The number of nitrogens with zero attached hydrogens (tertiary/aromatic N) is 2. The van der Waals surface area contributed by atoms with Gasteiger partial charge in [-0.15, -0.1) is 0 Å². The van der Waals surface area contributed by atoms with Gasteiger partial charge in [0, 0.05) is 19.3 Å². The molecule has 1 amide bonds. The summed E-state index contributed by atoms with van der Waals surface area (Å²) in [5, 5.41) is 0. The molecule has 0 aliphatic carbocycles. The number of pyridine rings is 1. The van der Waals surface area contributed by atoms with Crippen LogP contribution in [-0.2, 0) is 0 Å². The summed E-state index contributed by atoms with van der Waals surface area (Å²) in [6.07, 6.45) is 6.58. The molecule has 1 aromatic rings. The molecule has 1 unspecified atom stereocenters. The second-order valence-electron chi connectivity index (χ2n) is 5.79. The van der Waals surface area contributed by atoms with Gasteiger partial charge in [0.25, 0.3) is 5.91 Å². The lowest BCUT2D eigenvalue weighted by molar-refractivity contribution is 0.0759. The molecule has 110 valence electrons. The molecule has 1 aliphatic heterocycles. The minimum absolute atomic E-state index is 0.0461. The van der Waals surface area contributed by atoms with Crippen molar-refractivity contribution in [1.82, 2.24) is 9.88 Å². The molecule has 20 heavy (non-hydrogen) atoms. The van der Waals surface area contributed by atoms with Gasteiger partial charge in [-0.25, -0.2) is 0 Å². The van der Waals surface area contributed by atoms with Crippen molar-refractivity contribution >= 4 is 11.6 Å². The zero-order valence-corrected chi connectivity index (χ0v) is 12.3. The van der Waals surface area contributed by atoms with E-state index in [0.717, 1.165) is 31.8 Å². The summed E-state index contributed by atoms with van der Waals surface area (Å²) in [4.78, 5) is 18.5. The van der Waals surface area contributed by atoms with E-state index in [0.29, 0.717) is 17.2 Å². The van der Waals surface area contributed by atoms with Gasteiger partial charge in [-0.1, -0.05) is 13.8 Å². The van der Waals surface area contributed by atoms with E-state index >= 15 is 0 Å². The SMILES string of the molecule is CC(C)C1CCCN(C(=O)c2ccncc2NN)CC1. The molecule has 0 bridgehead atoms. The molecule has 0 spiro atoms. The summed E-state index contributed by atoms with van der Waals surface area (Å²) in [5.74, 6) is 6.90. The second kappa shape index (κ2) is 6.70. The van der Waals surface area contributed by atoms with Crippen molar-refractivity contribution < 1.29 is 4.79 Å². The minimum atomic E-state index is 0.0461. The molecule has 0 radical (unpaired) electrons. The van der Waals surface area contributed by atoms with Crippen LogP contribution in [0.25, 0.3) is 0 Å². The highest BCUT2D eigenvalue weighted by atomic mass is 16.2. The highest BCUT2D eigenvalue weighted by molar-refractivity contribution is 5.99. The predicted octanol–water partition coefficient (Wildman–Crippen LogP) is 2.27. The third-order valence-corrected chi connectivity index (χ3v) is 4.21. The van der Waals surface area contributed by atoms with Gasteiger partial charge in [-0.05, 0) is 37.2 Å². The predicted molar refractivity (Wildman–Crippen MR) is 80.1 cm³/mol. The van der Waals surface area contributed by atoms with E-state index in [2.05, 4.69) is 24.3 Å². The Kier molecular flexibility index (Phi) is 4.95. The first-order valence-electron chi connectivity index (χ1n) is 7.33. The molecular formula is C15H24N4O. The molecule has 0 saturated carbocycles. The van der Waals surface area contributed by atoms with Crippen LogP contribution in [0.4, 0.5) is 5.69 Å². The molecule has 1 saturated heterocycles. The largest absolute Gasteiger partial charge is 0.339 e. The Morgan fingerprint density at radius 3 is 2.95 bits per heavy atom. The average molecular weight is 276 g/mol. The molecule has 5 nitrogen and oxygen atoms in total. The fraction of sp³-hybridized carbons (Fsp3) is 0.600. The molecule has 1 fully saturated rings. The Bertz CT molecular complexity index is 461. The maximum Gasteiger partial charge on any atom is 0.256 e. The Labute approximate surface area is 120 Å². The lowest BCUT2D eigenvalue weighted by atomic mass is 9.89. The molecule has 1 atom stereocenters. The molecule has 3 N–H and O–H groups in total. The van der Waals surface area contributed by atoms with Crippen LogP contribution in [-0.4, -0.2) is 28.9 Å². The number of carbonyl (C=O) groups is 1. The lowest BCUT2D eigenvalue weighted by Crippen LogP contribution is -2.33. The van der Waals surface area contributed by atoms with Gasteiger partial charge in [0.1, 0.15) is 0 Å². The van der Waals surface area contributed by atoms with E-state index in [1.165, 1.54) is 6.42 Å². The topological polar surface area (TPSA) is 71.2 Å². The summed E-state index contributed by atoms with van der Waals surface area (Å²) >= 11 is 0. The van der Waals surface area contributed by atoms with Gasteiger partial charge < -0.3 is 10.3 Å². The van der Waals surface area contributed by atoms with E-state index in [1.807, 2.05) is 4.90 Å². The van der Waals surface area contributed by atoms with E-state index < -0.39 is 0 Å². The van der Waals surface area contributed by atoms with E-state index in [4.69, 9.17) is 5.84 Å². The van der Waals surface area contributed by atoms with Crippen LogP contribution in [0, 0.1) is 11.8 Å². The first-order chi connectivity index (χ1) is 9.63. The number of hydrogen-bond acceptors (Lipinski definition) is 4. The van der Waals surface area contributed by atoms with Crippen molar-refractivity contribution in [3.63, 3.8) is 0 Å². The molecule has 0 aromatic carbocycles. The second-order valence-corrected chi connectivity index (χ2v) is 5.79. The number of nitrogens with two attached hydrogens (primary N) is 1. The molecule has 2 heterocycles. The average Bonchev–Trinajstić information content (AvgIpc) is 2.72. The minimum Gasteiger partial charge on any atom is -0.339 e. The maximum absolute atomic E-state index is 12.6. The molecule has 1 aliphatic rings. The lowest BCUT2D eigenvalue weighted by Gasteiger charge is -2.22. The monoisotopic (exact) mass is 276 g/mol. The van der Waals surface area contributed by atoms with Crippen molar-refractivity contribution in [2.24, 2.45) is 17.7 Å². The van der Waals surface area contributed by atoms with Crippen LogP contribution in [0.15, 0.2) is 18.5 Å². The number of rotatable bonds is 3. The number of carbonyl (C=O) groups excluding carboxylic acids is 1. The van der Waals surface area contributed by atoms with Gasteiger partial charge in [0.2, 0.25) is 0 Å². The van der Waals surface area contributed by atoms with Crippen LogP contribution >= 0.6 is 0 Å². The Hall–Kier alpha value is -1.62. The van der Waals surface area contributed by atoms with Crippen molar-refractivity contribution in [2.45, 2.75) is 33.1 Å². The summed E-state index contributed by atoms with van der Waals surface area (Å²) in [6, 6.07) is 1.72. The fourth-order valence-electron chi connectivity index (χ4n) is 2.86. The summed E-state index contributed by atoms with van der Waals surface area (Å²) in [7, 11) is 0. The van der Waals surface area contributed by atoms with Gasteiger partial charge in [-0.3, -0.25) is 15.6 Å².